The largest absolute Gasteiger partial charge is 0.389 e. The molecule has 0 bridgehead atoms. The van der Waals surface area contributed by atoms with Gasteiger partial charge in [-0.15, -0.1) is 0 Å². The number of ether oxygens (including phenoxy) is 1. The Morgan fingerprint density at radius 3 is 2.88 bits per heavy atom. The molecule has 1 aliphatic rings. The summed E-state index contributed by atoms with van der Waals surface area (Å²) in [5.74, 6) is 0. The minimum atomic E-state index is -4.10. The lowest BCUT2D eigenvalue weighted by Gasteiger charge is -2.12. The zero-order valence-electron chi connectivity index (χ0n) is 8.98. The van der Waals surface area contributed by atoms with E-state index in [0.717, 1.165) is 11.1 Å². The molecule has 2 rings (SSSR count). The van der Waals surface area contributed by atoms with Crippen molar-refractivity contribution in [2.45, 2.75) is 38.1 Å². The lowest BCUT2D eigenvalue weighted by atomic mass is 10.0. The van der Waals surface area contributed by atoms with Gasteiger partial charge in [0, 0.05) is 17.5 Å². The molecule has 0 saturated heterocycles. The van der Waals surface area contributed by atoms with E-state index >= 15 is 0 Å². The first-order chi connectivity index (χ1) is 7.96. The van der Waals surface area contributed by atoms with Crippen molar-refractivity contribution in [3.8, 4) is 0 Å². The third-order valence-electron chi connectivity index (χ3n) is 2.72. The Bertz CT molecular complexity index is 403. The van der Waals surface area contributed by atoms with E-state index in [1.165, 1.54) is 0 Å². The number of halogens is 4. The molecule has 1 aromatic rings. The molecule has 1 aliphatic heterocycles. The maximum atomic E-state index is 12.0. The molecule has 0 fully saturated rings. The van der Waals surface area contributed by atoms with Gasteiger partial charge in [-0.1, -0.05) is 17.7 Å². The van der Waals surface area contributed by atoms with Gasteiger partial charge in [0.15, 0.2) is 0 Å². The summed E-state index contributed by atoms with van der Waals surface area (Å²) in [6.45, 7) is 0.430. The number of hydrogen-bond donors (Lipinski definition) is 0. The molecule has 0 aromatic heterocycles. The molecule has 1 unspecified atom stereocenters. The second-order valence-corrected chi connectivity index (χ2v) is 4.46. The van der Waals surface area contributed by atoms with E-state index in [1.807, 2.05) is 6.07 Å². The molecule has 1 atom stereocenters. The highest BCUT2D eigenvalue weighted by molar-refractivity contribution is 6.30. The highest BCUT2D eigenvalue weighted by Gasteiger charge is 2.29. The van der Waals surface area contributed by atoms with E-state index in [2.05, 4.69) is 6.07 Å². The van der Waals surface area contributed by atoms with Gasteiger partial charge < -0.3 is 4.74 Å². The summed E-state index contributed by atoms with van der Waals surface area (Å²) >= 11 is 5.80. The molecule has 0 N–H and O–H groups in total. The third-order valence-corrected chi connectivity index (χ3v) is 2.94. The number of alkyl halides is 3. The monoisotopic (exact) mass is 263 g/mol. The van der Waals surface area contributed by atoms with Crippen LogP contribution in [0.3, 0.4) is 0 Å². The molecule has 1 nitrogen and oxygen atoms in total. The Morgan fingerprint density at radius 2 is 2.18 bits per heavy atom. The number of hydrogen-bond acceptors (Lipinski definition) is 1. The molecule has 5 heteroatoms. The van der Waals surface area contributed by atoms with Crippen molar-refractivity contribution in [3.63, 3.8) is 0 Å². The molecular formula is C12H11ClF3O. The zero-order chi connectivity index (χ0) is 12.5. The fourth-order valence-electron chi connectivity index (χ4n) is 1.92. The van der Waals surface area contributed by atoms with E-state index in [1.54, 1.807) is 6.07 Å². The van der Waals surface area contributed by atoms with Gasteiger partial charge in [0.25, 0.3) is 0 Å². The Balaban J connectivity index is 1.95. The molecule has 0 aliphatic carbocycles. The first-order valence-corrected chi connectivity index (χ1v) is 5.72. The Hall–Kier alpha value is -0.740. The van der Waals surface area contributed by atoms with Crippen LogP contribution in [0, 0.1) is 6.07 Å². The van der Waals surface area contributed by atoms with Crippen LogP contribution in [0.15, 0.2) is 12.1 Å². The molecule has 1 aromatic carbocycles. The van der Waals surface area contributed by atoms with Crippen LogP contribution >= 0.6 is 11.6 Å². The second kappa shape index (κ2) is 4.86. The van der Waals surface area contributed by atoms with Crippen LogP contribution in [0.2, 0.25) is 5.02 Å². The summed E-state index contributed by atoms with van der Waals surface area (Å²) in [6.07, 6.45) is -4.76. The quantitative estimate of drug-likeness (QED) is 0.783. The fraction of sp³-hybridized carbons (Fsp3) is 0.500. The van der Waals surface area contributed by atoms with Crippen LogP contribution in [0.5, 0.6) is 0 Å². The van der Waals surface area contributed by atoms with Crippen LogP contribution in [0.1, 0.15) is 36.5 Å². The Kier molecular flexibility index (Phi) is 3.64. The summed E-state index contributed by atoms with van der Waals surface area (Å²) in [7, 11) is 0. The van der Waals surface area contributed by atoms with Crippen LogP contribution < -0.4 is 0 Å². The highest BCUT2D eigenvalue weighted by Crippen LogP contribution is 2.36. The van der Waals surface area contributed by atoms with E-state index < -0.39 is 12.6 Å². The third kappa shape index (κ3) is 3.36. The summed E-state index contributed by atoms with van der Waals surface area (Å²) in [5, 5.41) is 0.468. The molecule has 0 amide bonds. The molecule has 0 spiro atoms. The van der Waals surface area contributed by atoms with E-state index in [4.69, 9.17) is 16.3 Å². The van der Waals surface area contributed by atoms with E-state index in [9.17, 15) is 13.2 Å². The maximum Gasteiger partial charge on any atom is 0.389 e. The molecule has 1 radical (unpaired) electrons. The molecule has 93 valence electrons. The van der Waals surface area contributed by atoms with Gasteiger partial charge >= 0.3 is 6.18 Å². The number of rotatable bonds is 3. The molecule has 17 heavy (non-hydrogen) atoms. The standard InChI is InChI=1S/C12H11ClF3O/c13-9-4-3-8-7-17-11(10(8)6-9)2-1-5-12(14,15)16/h3-4,11H,1-2,5,7H2. The van der Waals surface area contributed by atoms with Crippen LogP contribution in [-0.2, 0) is 11.3 Å². The molecular weight excluding hydrogens is 253 g/mol. The average Bonchev–Trinajstić information content (AvgIpc) is 2.59. The fourth-order valence-corrected chi connectivity index (χ4v) is 2.08. The smallest absolute Gasteiger partial charge is 0.369 e. The number of fused-ring (bicyclic) bond motifs is 1. The van der Waals surface area contributed by atoms with Gasteiger partial charge in [-0.05, 0) is 30.0 Å². The topological polar surface area (TPSA) is 9.23 Å². The predicted molar refractivity (Wildman–Crippen MR) is 57.7 cm³/mol. The lowest BCUT2D eigenvalue weighted by molar-refractivity contribution is -0.136. The summed E-state index contributed by atoms with van der Waals surface area (Å²) < 4.78 is 41.5. The van der Waals surface area contributed by atoms with Gasteiger partial charge in [-0.2, -0.15) is 13.2 Å². The van der Waals surface area contributed by atoms with Gasteiger partial charge in [0.1, 0.15) is 0 Å². The minimum Gasteiger partial charge on any atom is -0.369 e. The first-order valence-electron chi connectivity index (χ1n) is 5.35. The normalized spacial score (nSPS) is 19.4. The molecule has 1 heterocycles. The van der Waals surface area contributed by atoms with E-state index in [-0.39, 0.29) is 12.5 Å². The van der Waals surface area contributed by atoms with Crippen molar-refractivity contribution < 1.29 is 17.9 Å². The predicted octanol–water partition coefficient (Wildman–Crippen LogP) is 4.44. The van der Waals surface area contributed by atoms with Crippen molar-refractivity contribution in [3.05, 3.63) is 34.3 Å². The van der Waals surface area contributed by atoms with Gasteiger partial charge in [0.05, 0.1) is 12.7 Å². The van der Waals surface area contributed by atoms with Gasteiger partial charge in [-0.3, -0.25) is 0 Å². The van der Waals surface area contributed by atoms with E-state index in [0.29, 0.717) is 18.1 Å². The average molecular weight is 264 g/mol. The van der Waals surface area contributed by atoms with Crippen molar-refractivity contribution >= 4 is 11.6 Å². The second-order valence-electron chi connectivity index (χ2n) is 4.05. The van der Waals surface area contributed by atoms with Crippen molar-refractivity contribution in [2.24, 2.45) is 0 Å². The zero-order valence-corrected chi connectivity index (χ0v) is 9.74. The maximum absolute atomic E-state index is 12.0. The van der Waals surface area contributed by atoms with Crippen molar-refractivity contribution in [1.82, 2.24) is 0 Å². The van der Waals surface area contributed by atoms with Crippen molar-refractivity contribution in [2.75, 3.05) is 0 Å². The van der Waals surface area contributed by atoms with Crippen molar-refractivity contribution in [1.29, 1.82) is 0 Å². The molecule has 0 saturated carbocycles. The summed E-state index contributed by atoms with van der Waals surface area (Å²) in [4.78, 5) is 0. The Morgan fingerprint density at radius 1 is 1.41 bits per heavy atom. The summed E-state index contributed by atoms with van der Waals surface area (Å²) in [6, 6.07) is 6.49. The SMILES string of the molecule is FC(F)(F)CCCC1OCc2ccc(Cl)[c]c21. The minimum absolute atomic E-state index is 0.0635. The Labute approximate surface area is 103 Å². The van der Waals surface area contributed by atoms with Crippen LogP contribution in [0.25, 0.3) is 0 Å². The van der Waals surface area contributed by atoms with Gasteiger partial charge in [-0.25, -0.2) is 0 Å². The number of benzene rings is 1. The van der Waals surface area contributed by atoms with Crippen LogP contribution in [0.4, 0.5) is 13.2 Å². The van der Waals surface area contributed by atoms with Gasteiger partial charge in [0.2, 0.25) is 0 Å². The summed E-state index contributed by atoms with van der Waals surface area (Å²) in [5.41, 5.74) is 1.77. The van der Waals surface area contributed by atoms with Crippen LogP contribution in [-0.4, -0.2) is 6.18 Å². The first kappa shape index (κ1) is 12.7. The highest BCUT2D eigenvalue weighted by atomic mass is 35.5. The lowest BCUT2D eigenvalue weighted by Crippen LogP contribution is -2.07.